The molecule has 3 rings (SSSR count). The second-order valence-electron chi connectivity index (χ2n) is 5.29. The van der Waals surface area contributed by atoms with Crippen LogP contribution >= 0.6 is 11.8 Å². The summed E-state index contributed by atoms with van der Waals surface area (Å²) in [5, 5.41) is 11.4. The monoisotopic (exact) mass is 343 g/mol. The van der Waals surface area contributed by atoms with E-state index in [1.165, 1.54) is 23.4 Å². The SMILES string of the molecule is Cc1cc(=O)[nH]c2nnc(SCC(=O)NCCc3ccccc3)n12. The van der Waals surface area contributed by atoms with Gasteiger partial charge >= 0.3 is 0 Å². The Morgan fingerprint density at radius 1 is 1.29 bits per heavy atom. The summed E-state index contributed by atoms with van der Waals surface area (Å²) in [4.78, 5) is 26.0. The van der Waals surface area contributed by atoms with Gasteiger partial charge in [-0.3, -0.25) is 19.0 Å². The van der Waals surface area contributed by atoms with Gasteiger partial charge in [-0.25, -0.2) is 0 Å². The molecule has 0 aliphatic carbocycles. The van der Waals surface area contributed by atoms with Gasteiger partial charge in [-0.05, 0) is 18.9 Å². The van der Waals surface area contributed by atoms with Crippen LogP contribution in [0, 0.1) is 6.92 Å². The van der Waals surface area contributed by atoms with E-state index in [1.54, 1.807) is 11.3 Å². The first-order valence-electron chi connectivity index (χ1n) is 7.52. The first kappa shape index (κ1) is 16.3. The molecule has 8 heteroatoms. The molecule has 0 fully saturated rings. The highest BCUT2D eigenvalue weighted by atomic mass is 32.2. The van der Waals surface area contributed by atoms with Crippen molar-refractivity contribution in [2.24, 2.45) is 0 Å². The van der Waals surface area contributed by atoms with Crippen LogP contribution in [0.15, 0.2) is 46.3 Å². The van der Waals surface area contributed by atoms with Crippen LogP contribution in [-0.2, 0) is 11.2 Å². The Hall–Kier alpha value is -2.61. The minimum absolute atomic E-state index is 0.0604. The second kappa shape index (κ2) is 7.31. The third-order valence-electron chi connectivity index (χ3n) is 3.47. The van der Waals surface area contributed by atoms with Gasteiger partial charge in [0.2, 0.25) is 11.7 Å². The first-order valence-corrected chi connectivity index (χ1v) is 8.50. The van der Waals surface area contributed by atoms with Crippen molar-refractivity contribution >= 4 is 23.4 Å². The molecule has 2 heterocycles. The van der Waals surface area contributed by atoms with E-state index >= 15 is 0 Å². The minimum atomic E-state index is -0.220. The molecule has 1 aromatic carbocycles. The number of hydrogen-bond donors (Lipinski definition) is 2. The van der Waals surface area contributed by atoms with Gasteiger partial charge in [0.05, 0.1) is 5.75 Å². The van der Waals surface area contributed by atoms with E-state index in [0.29, 0.717) is 17.5 Å². The zero-order chi connectivity index (χ0) is 16.9. The topological polar surface area (TPSA) is 92.2 Å². The molecule has 2 N–H and O–H groups in total. The van der Waals surface area contributed by atoms with Gasteiger partial charge in [0.1, 0.15) is 0 Å². The molecule has 0 atom stereocenters. The Kier molecular flexibility index (Phi) is 4.95. The quantitative estimate of drug-likeness (QED) is 0.656. The molecule has 0 bridgehead atoms. The van der Waals surface area contributed by atoms with Crippen LogP contribution in [0.25, 0.3) is 5.78 Å². The van der Waals surface area contributed by atoms with E-state index in [2.05, 4.69) is 20.5 Å². The number of hydrogen-bond acceptors (Lipinski definition) is 5. The molecule has 0 unspecified atom stereocenters. The van der Waals surface area contributed by atoms with Crippen LogP contribution in [0.5, 0.6) is 0 Å². The third-order valence-corrected chi connectivity index (χ3v) is 4.40. The van der Waals surface area contributed by atoms with Crippen molar-refractivity contribution in [1.29, 1.82) is 0 Å². The van der Waals surface area contributed by atoms with Crippen LogP contribution in [0.3, 0.4) is 0 Å². The van der Waals surface area contributed by atoms with Gasteiger partial charge in [-0.15, -0.1) is 10.2 Å². The lowest BCUT2D eigenvalue weighted by Crippen LogP contribution is -2.27. The lowest BCUT2D eigenvalue weighted by atomic mass is 10.1. The van der Waals surface area contributed by atoms with Crippen molar-refractivity contribution in [3.8, 4) is 0 Å². The Morgan fingerprint density at radius 3 is 2.88 bits per heavy atom. The van der Waals surface area contributed by atoms with Crippen molar-refractivity contribution in [1.82, 2.24) is 24.9 Å². The summed E-state index contributed by atoms with van der Waals surface area (Å²) in [5.74, 6) is 0.565. The number of carbonyl (C=O) groups excluding carboxylic acids is 1. The lowest BCUT2D eigenvalue weighted by molar-refractivity contribution is -0.118. The molecule has 0 spiro atoms. The lowest BCUT2D eigenvalue weighted by Gasteiger charge is -2.05. The van der Waals surface area contributed by atoms with Gasteiger partial charge in [-0.1, -0.05) is 42.1 Å². The average Bonchev–Trinajstić information content (AvgIpc) is 2.97. The highest BCUT2D eigenvalue weighted by Crippen LogP contribution is 2.16. The third kappa shape index (κ3) is 3.83. The molecule has 24 heavy (non-hydrogen) atoms. The number of rotatable bonds is 6. The standard InChI is InChI=1S/C16H17N5O2S/c1-11-9-13(22)18-15-19-20-16(21(11)15)24-10-14(23)17-8-7-12-5-3-2-4-6-12/h2-6,9H,7-8,10H2,1H3,(H,17,23)(H,18,19,22). The fraction of sp³-hybridized carbons (Fsp3) is 0.250. The number of nitrogens with one attached hydrogen (secondary N) is 2. The van der Waals surface area contributed by atoms with E-state index in [0.717, 1.165) is 12.1 Å². The van der Waals surface area contributed by atoms with Crippen molar-refractivity contribution in [3.63, 3.8) is 0 Å². The van der Waals surface area contributed by atoms with Gasteiger partial charge in [-0.2, -0.15) is 0 Å². The zero-order valence-corrected chi connectivity index (χ0v) is 14.0. The maximum Gasteiger partial charge on any atom is 0.252 e. The molecule has 0 radical (unpaired) electrons. The molecule has 0 aliphatic rings. The number of H-pyrrole nitrogens is 1. The Balaban J connectivity index is 1.54. The fourth-order valence-electron chi connectivity index (χ4n) is 2.34. The molecular weight excluding hydrogens is 326 g/mol. The summed E-state index contributed by atoms with van der Waals surface area (Å²) in [7, 11) is 0. The second-order valence-corrected chi connectivity index (χ2v) is 6.23. The molecule has 1 amide bonds. The molecule has 3 aromatic rings. The highest BCUT2D eigenvalue weighted by molar-refractivity contribution is 7.99. The molecule has 124 valence electrons. The number of carbonyl (C=O) groups is 1. The summed E-state index contributed by atoms with van der Waals surface area (Å²) >= 11 is 1.29. The Bertz CT molecular complexity index is 904. The molecule has 0 aliphatic heterocycles. The van der Waals surface area contributed by atoms with Crippen LogP contribution in [0.2, 0.25) is 0 Å². The van der Waals surface area contributed by atoms with Gasteiger partial charge < -0.3 is 5.32 Å². The van der Waals surface area contributed by atoms with Crippen molar-refractivity contribution in [3.05, 3.63) is 58.0 Å². The summed E-state index contributed by atoms with van der Waals surface area (Å²) in [6.07, 6.45) is 0.797. The number of amides is 1. The maximum absolute atomic E-state index is 12.0. The van der Waals surface area contributed by atoms with Gasteiger partial charge in [0, 0.05) is 18.3 Å². The molecular formula is C16H17N5O2S. The number of aryl methyl sites for hydroxylation is 1. The van der Waals surface area contributed by atoms with E-state index in [9.17, 15) is 9.59 Å². The van der Waals surface area contributed by atoms with Gasteiger partial charge in [0.25, 0.3) is 5.56 Å². The molecule has 2 aromatic heterocycles. The number of aromatic amines is 1. The number of fused-ring (bicyclic) bond motifs is 1. The first-order chi connectivity index (χ1) is 11.6. The molecule has 0 saturated carbocycles. The normalized spacial score (nSPS) is 10.9. The Morgan fingerprint density at radius 2 is 2.08 bits per heavy atom. The van der Waals surface area contributed by atoms with E-state index in [1.807, 2.05) is 30.3 Å². The predicted octanol–water partition coefficient (Wildman–Crippen LogP) is 1.18. The van der Waals surface area contributed by atoms with Crippen LogP contribution in [0.1, 0.15) is 11.3 Å². The van der Waals surface area contributed by atoms with Crippen LogP contribution in [-0.4, -0.2) is 37.8 Å². The zero-order valence-electron chi connectivity index (χ0n) is 13.2. The summed E-state index contributed by atoms with van der Waals surface area (Å²) < 4.78 is 1.73. The number of aromatic nitrogens is 4. The van der Waals surface area contributed by atoms with Gasteiger partial charge in [0.15, 0.2) is 5.16 Å². The molecule has 0 saturated heterocycles. The maximum atomic E-state index is 12.0. The summed E-state index contributed by atoms with van der Waals surface area (Å²) in [6.45, 7) is 2.39. The number of thioether (sulfide) groups is 1. The average molecular weight is 343 g/mol. The summed E-state index contributed by atoms with van der Waals surface area (Å²) in [5.41, 5.74) is 1.70. The van der Waals surface area contributed by atoms with E-state index in [-0.39, 0.29) is 17.2 Å². The summed E-state index contributed by atoms with van der Waals surface area (Å²) in [6, 6.07) is 11.5. The van der Waals surface area contributed by atoms with E-state index < -0.39 is 0 Å². The van der Waals surface area contributed by atoms with Crippen LogP contribution in [0.4, 0.5) is 0 Å². The largest absolute Gasteiger partial charge is 0.355 e. The molecule has 7 nitrogen and oxygen atoms in total. The van der Waals surface area contributed by atoms with Crippen molar-refractivity contribution < 1.29 is 4.79 Å². The predicted molar refractivity (Wildman–Crippen MR) is 92.2 cm³/mol. The van der Waals surface area contributed by atoms with Crippen molar-refractivity contribution in [2.45, 2.75) is 18.5 Å². The minimum Gasteiger partial charge on any atom is -0.355 e. The smallest absolute Gasteiger partial charge is 0.252 e. The van der Waals surface area contributed by atoms with Crippen LogP contribution < -0.4 is 10.9 Å². The van der Waals surface area contributed by atoms with E-state index in [4.69, 9.17) is 0 Å². The Labute approximate surface area is 142 Å². The number of nitrogens with zero attached hydrogens (tertiary/aromatic N) is 3. The van der Waals surface area contributed by atoms with Crippen molar-refractivity contribution in [2.75, 3.05) is 12.3 Å². The highest BCUT2D eigenvalue weighted by Gasteiger charge is 2.11. The fourth-order valence-corrected chi connectivity index (χ4v) is 3.16. The number of benzene rings is 1.